The van der Waals surface area contributed by atoms with Gasteiger partial charge in [-0.3, -0.25) is 0 Å². The first kappa shape index (κ1) is 28.9. The van der Waals surface area contributed by atoms with E-state index in [9.17, 15) is 4.39 Å². The van der Waals surface area contributed by atoms with E-state index >= 15 is 0 Å². The Morgan fingerprint density at radius 3 is 2.37 bits per heavy atom. The summed E-state index contributed by atoms with van der Waals surface area (Å²) in [7, 11) is 0. The Balaban J connectivity index is 0.00000420. The maximum atomic E-state index is 13.9. The number of hydrogen-bond acceptors (Lipinski definition) is 4. The number of nitrogens with one attached hydrogen (secondary N) is 1. The molecule has 0 aliphatic heterocycles. The van der Waals surface area contributed by atoms with E-state index in [0.717, 1.165) is 42.8 Å². The molecular weight excluding hydrogens is 494 g/mol. The second kappa shape index (κ2) is 15.7. The van der Waals surface area contributed by atoms with Crippen molar-refractivity contribution in [2.24, 2.45) is 0 Å². The minimum Gasteiger partial charge on any atom is -0.490 e. The van der Waals surface area contributed by atoms with Crippen molar-refractivity contribution in [2.45, 2.75) is 33.9 Å². The largest absolute Gasteiger partial charge is 0.490 e. The Morgan fingerprint density at radius 1 is 1.03 bits per heavy atom. The molecule has 1 N–H and O–H groups in total. The molecule has 2 rings (SSSR count). The number of hydrogen-bond donors (Lipinski definition) is 1. The van der Waals surface area contributed by atoms with Crippen molar-refractivity contribution < 1.29 is 13.9 Å². The Bertz CT molecular complexity index is 749. The molecule has 4 nitrogen and oxygen atoms in total. The van der Waals surface area contributed by atoms with E-state index in [-0.39, 0.29) is 37.2 Å². The highest BCUT2D eigenvalue weighted by molar-refractivity contribution is 9.10. The third kappa shape index (κ3) is 8.98. The highest BCUT2D eigenvalue weighted by atomic mass is 79.9. The number of likely N-dealkylation sites (N-methyl/N-ethyl adjacent to an activating group) is 1. The summed E-state index contributed by atoms with van der Waals surface area (Å²) in [5, 5.41) is 3.47. The molecule has 0 heterocycles. The molecule has 0 aliphatic carbocycles. The molecule has 0 radical (unpaired) electrons. The number of benzene rings is 2. The molecule has 0 unspecified atom stereocenters. The van der Waals surface area contributed by atoms with E-state index in [4.69, 9.17) is 9.47 Å². The minimum atomic E-state index is -0.273. The van der Waals surface area contributed by atoms with Crippen molar-refractivity contribution >= 4 is 40.7 Å². The zero-order valence-electron chi connectivity index (χ0n) is 17.7. The van der Waals surface area contributed by atoms with Crippen LogP contribution in [0.3, 0.4) is 0 Å². The van der Waals surface area contributed by atoms with E-state index in [1.165, 1.54) is 6.07 Å². The van der Waals surface area contributed by atoms with E-state index in [1.54, 1.807) is 18.2 Å². The van der Waals surface area contributed by atoms with Gasteiger partial charge in [0.1, 0.15) is 12.4 Å². The molecule has 0 spiro atoms. The molecule has 2 aromatic rings. The van der Waals surface area contributed by atoms with E-state index < -0.39 is 0 Å². The van der Waals surface area contributed by atoms with Crippen molar-refractivity contribution in [3.05, 3.63) is 57.8 Å². The van der Waals surface area contributed by atoms with Crippen LogP contribution in [0.2, 0.25) is 0 Å². The third-order valence-corrected chi connectivity index (χ3v) is 5.12. The lowest BCUT2D eigenvalue weighted by molar-refractivity contribution is 0.264. The molecule has 0 amide bonds. The van der Waals surface area contributed by atoms with Crippen LogP contribution in [-0.2, 0) is 13.2 Å². The second-order valence-electron chi connectivity index (χ2n) is 6.42. The highest BCUT2D eigenvalue weighted by Crippen LogP contribution is 2.37. The van der Waals surface area contributed by atoms with Crippen molar-refractivity contribution in [1.29, 1.82) is 0 Å². The van der Waals surface area contributed by atoms with E-state index in [0.29, 0.717) is 23.7 Å². The quantitative estimate of drug-likeness (QED) is 0.353. The van der Waals surface area contributed by atoms with E-state index in [1.807, 2.05) is 19.1 Å². The molecule has 0 saturated carbocycles. The molecule has 2 aromatic carbocycles. The highest BCUT2D eigenvalue weighted by Gasteiger charge is 2.13. The fourth-order valence-electron chi connectivity index (χ4n) is 2.90. The van der Waals surface area contributed by atoms with Crippen LogP contribution >= 0.6 is 40.7 Å². The third-order valence-electron chi connectivity index (χ3n) is 4.53. The summed E-state index contributed by atoms with van der Waals surface area (Å²) >= 11 is 3.58. The van der Waals surface area contributed by atoms with Gasteiger partial charge in [-0.05, 0) is 59.7 Å². The van der Waals surface area contributed by atoms with Crippen molar-refractivity contribution in [3.8, 4) is 11.5 Å². The first-order valence-corrected chi connectivity index (χ1v) is 10.6. The van der Waals surface area contributed by atoms with Crippen LogP contribution in [0.25, 0.3) is 0 Å². The summed E-state index contributed by atoms with van der Waals surface area (Å²) < 4.78 is 26.3. The zero-order chi connectivity index (χ0) is 20.4. The van der Waals surface area contributed by atoms with Gasteiger partial charge in [-0.15, -0.1) is 24.8 Å². The molecule has 0 fully saturated rings. The Labute approximate surface area is 200 Å². The first-order chi connectivity index (χ1) is 13.6. The smallest absolute Gasteiger partial charge is 0.175 e. The van der Waals surface area contributed by atoms with Crippen LogP contribution in [0.1, 0.15) is 31.9 Å². The van der Waals surface area contributed by atoms with Crippen LogP contribution < -0.4 is 14.8 Å². The van der Waals surface area contributed by atoms with Gasteiger partial charge < -0.3 is 19.7 Å². The summed E-state index contributed by atoms with van der Waals surface area (Å²) in [5.74, 6) is 0.983. The number of nitrogens with zero attached hydrogens (tertiary/aromatic N) is 1. The average Bonchev–Trinajstić information content (AvgIpc) is 2.69. The standard InChI is InChI=1S/C22H30BrFN2O2.2ClH/c1-4-26(5-2)12-11-25-15-17-13-19(23)22(21(14-17)27-6-3)28-16-18-9-7-8-10-20(18)24;;/h7-10,13-14,25H,4-6,11-12,15-16H2,1-3H3;2*1H. The molecule has 0 aromatic heterocycles. The van der Waals surface area contributed by atoms with Gasteiger partial charge in [0.05, 0.1) is 11.1 Å². The fourth-order valence-corrected chi connectivity index (χ4v) is 3.51. The van der Waals surface area contributed by atoms with Gasteiger partial charge in [0, 0.05) is 25.2 Å². The Hall–Kier alpha value is -1.05. The molecular formula is C22H32BrCl2FN2O2. The SMILES string of the molecule is CCOc1cc(CNCCN(CC)CC)cc(Br)c1OCc1ccccc1F.Cl.Cl. The van der Waals surface area contributed by atoms with E-state index in [2.05, 4.69) is 40.0 Å². The van der Waals surface area contributed by atoms with Gasteiger partial charge in [-0.2, -0.15) is 0 Å². The molecule has 0 bridgehead atoms. The van der Waals surface area contributed by atoms with Crippen LogP contribution in [0.4, 0.5) is 4.39 Å². The topological polar surface area (TPSA) is 33.7 Å². The molecule has 30 heavy (non-hydrogen) atoms. The monoisotopic (exact) mass is 524 g/mol. The van der Waals surface area contributed by atoms with Crippen LogP contribution in [0, 0.1) is 5.82 Å². The van der Waals surface area contributed by atoms with Crippen molar-refractivity contribution in [2.75, 3.05) is 32.8 Å². The zero-order valence-corrected chi connectivity index (χ0v) is 21.0. The molecule has 0 aliphatic rings. The molecule has 8 heteroatoms. The summed E-state index contributed by atoms with van der Waals surface area (Å²) in [6, 6.07) is 10.6. The molecule has 0 atom stereocenters. The average molecular weight is 526 g/mol. The van der Waals surface area contributed by atoms with Gasteiger partial charge >= 0.3 is 0 Å². The number of ether oxygens (including phenoxy) is 2. The van der Waals surface area contributed by atoms with Crippen LogP contribution in [-0.4, -0.2) is 37.7 Å². The number of halogens is 4. The Kier molecular flexibility index (Phi) is 15.2. The normalized spacial score (nSPS) is 10.3. The van der Waals surface area contributed by atoms with Crippen molar-refractivity contribution in [1.82, 2.24) is 10.2 Å². The lowest BCUT2D eigenvalue weighted by Gasteiger charge is -2.19. The molecule has 170 valence electrons. The first-order valence-electron chi connectivity index (χ1n) is 9.83. The summed E-state index contributed by atoms with van der Waals surface area (Å²) in [4.78, 5) is 2.38. The predicted octanol–water partition coefficient (Wildman–Crippen LogP) is 5.84. The minimum absolute atomic E-state index is 0. The molecule has 0 saturated heterocycles. The number of rotatable bonds is 12. The summed E-state index contributed by atoms with van der Waals surface area (Å²) in [5.41, 5.74) is 1.62. The van der Waals surface area contributed by atoms with Crippen molar-refractivity contribution in [3.63, 3.8) is 0 Å². The second-order valence-corrected chi connectivity index (χ2v) is 7.28. The lowest BCUT2D eigenvalue weighted by atomic mass is 10.2. The fraction of sp³-hybridized carbons (Fsp3) is 0.455. The predicted molar refractivity (Wildman–Crippen MR) is 130 cm³/mol. The summed E-state index contributed by atoms with van der Waals surface area (Å²) in [6.07, 6.45) is 0. The maximum absolute atomic E-state index is 13.9. The van der Waals surface area contributed by atoms with Gasteiger partial charge in [-0.25, -0.2) is 4.39 Å². The summed E-state index contributed by atoms with van der Waals surface area (Å²) in [6.45, 7) is 11.8. The maximum Gasteiger partial charge on any atom is 0.175 e. The Morgan fingerprint density at radius 2 is 1.73 bits per heavy atom. The van der Waals surface area contributed by atoms with Gasteiger partial charge in [0.25, 0.3) is 0 Å². The van der Waals surface area contributed by atoms with Crippen LogP contribution in [0.15, 0.2) is 40.9 Å². The van der Waals surface area contributed by atoms with Crippen LogP contribution in [0.5, 0.6) is 11.5 Å². The van der Waals surface area contributed by atoms with Gasteiger partial charge in [0.15, 0.2) is 11.5 Å². The lowest BCUT2D eigenvalue weighted by Crippen LogP contribution is -2.31. The van der Waals surface area contributed by atoms with Gasteiger partial charge in [-0.1, -0.05) is 32.0 Å². The van der Waals surface area contributed by atoms with Gasteiger partial charge in [0.2, 0.25) is 0 Å².